The van der Waals surface area contributed by atoms with Gasteiger partial charge in [0.25, 0.3) is 5.91 Å². The molecule has 1 amide bonds. The molecular weight excluding hydrogens is 521 g/mol. The minimum Gasteiger partial charge on any atom is -0.385 e. The highest BCUT2D eigenvalue weighted by molar-refractivity contribution is 5.92. The fourth-order valence-corrected chi connectivity index (χ4v) is 6.69. The Hall–Kier alpha value is -2.42. The number of aromatic nitrogens is 2. The fourth-order valence-electron chi connectivity index (χ4n) is 6.69. The standard InChI is InChI=1S/C29H35N5O2.2ClH/c30-18-20-7-6-8-21(17-20)26-25-19-31-14-16-33(25)27(32-26)28(35)34-15-13-29(36,22-9-2-1-3-10-22)23-11-4-5-12-24(23)34;;/h1-3,6-10,17,23-24,31,36H,4-5,11-16,18-19,30H2;2*1H/t23-,24+,29?;;/m0../s1. The van der Waals surface area contributed by atoms with Crippen LogP contribution in [0.15, 0.2) is 54.6 Å². The van der Waals surface area contributed by atoms with Crippen molar-refractivity contribution >= 4 is 30.7 Å². The molecule has 3 aliphatic rings. The number of rotatable bonds is 4. The second-order valence-corrected chi connectivity index (χ2v) is 10.5. The van der Waals surface area contributed by atoms with Crippen LogP contribution in [0.4, 0.5) is 0 Å². The summed E-state index contributed by atoms with van der Waals surface area (Å²) in [6, 6.07) is 18.2. The number of carbonyl (C=O) groups is 1. The first kappa shape index (κ1) is 28.6. The van der Waals surface area contributed by atoms with Crippen molar-refractivity contribution in [2.45, 2.75) is 63.4 Å². The molecule has 2 aliphatic heterocycles. The van der Waals surface area contributed by atoms with E-state index < -0.39 is 5.60 Å². The minimum atomic E-state index is -0.896. The van der Waals surface area contributed by atoms with Gasteiger partial charge in [-0.1, -0.05) is 61.4 Å². The largest absolute Gasteiger partial charge is 0.385 e. The Balaban J connectivity index is 0.00000168. The van der Waals surface area contributed by atoms with Gasteiger partial charge >= 0.3 is 0 Å². The number of amides is 1. The highest BCUT2D eigenvalue weighted by atomic mass is 35.5. The topological polar surface area (TPSA) is 96.4 Å². The van der Waals surface area contributed by atoms with Gasteiger partial charge in [-0.05, 0) is 36.5 Å². The second-order valence-electron chi connectivity index (χ2n) is 10.5. The molecule has 1 saturated heterocycles. The molecule has 4 N–H and O–H groups in total. The number of benzene rings is 2. The van der Waals surface area contributed by atoms with E-state index in [2.05, 4.69) is 16.0 Å². The van der Waals surface area contributed by atoms with E-state index in [4.69, 9.17) is 10.7 Å². The number of nitrogens with zero attached hydrogens (tertiary/aromatic N) is 3. The maximum Gasteiger partial charge on any atom is 0.290 e. The van der Waals surface area contributed by atoms with Crippen LogP contribution in [0, 0.1) is 5.92 Å². The Morgan fingerprint density at radius 3 is 2.66 bits per heavy atom. The van der Waals surface area contributed by atoms with Crippen LogP contribution in [0.3, 0.4) is 0 Å². The lowest BCUT2D eigenvalue weighted by Gasteiger charge is -2.52. The number of likely N-dealkylation sites (tertiary alicyclic amines) is 1. The molecule has 3 atom stereocenters. The molecule has 0 spiro atoms. The van der Waals surface area contributed by atoms with Gasteiger partial charge in [0, 0.05) is 50.2 Å². The van der Waals surface area contributed by atoms with Crippen LogP contribution >= 0.6 is 24.8 Å². The molecule has 3 heterocycles. The van der Waals surface area contributed by atoms with Gasteiger partial charge in [0.1, 0.15) is 0 Å². The number of imidazole rings is 1. The highest BCUT2D eigenvalue weighted by Crippen LogP contribution is 2.47. The van der Waals surface area contributed by atoms with E-state index in [0.717, 1.165) is 66.9 Å². The van der Waals surface area contributed by atoms with Crippen molar-refractivity contribution in [2.75, 3.05) is 13.1 Å². The number of halogens is 2. The van der Waals surface area contributed by atoms with Gasteiger partial charge in [0.2, 0.25) is 0 Å². The number of nitrogens with one attached hydrogen (secondary N) is 1. The molecule has 1 unspecified atom stereocenters. The number of aliphatic hydroxyl groups is 1. The smallest absolute Gasteiger partial charge is 0.290 e. The number of nitrogens with two attached hydrogens (primary N) is 1. The fraction of sp³-hybridized carbons (Fsp3) is 0.448. The Kier molecular flexibility index (Phi) is 8.85. The monoisotopic (exact) mass is 557 g/mol. The molecule has 6 rings (SSSR count). The molecule has 2 aromatic carbocycles. The second kappa shape index (κ2) is 11.8. The number of piperidine rings is 1. The quantitative estimate of drug-likeness (QED) is 0.445. The van der Waals surface area contributed by atoms with Crippen LogP contribution in [-0.2, 0) is 25.2 Å². The van der Waals surface area contributed by atoms with Crippen molar-refractivity contribution in [1.29, 1.82) is 0 Å². The molecule has 204 valence electrons. The van der Waals surface area contributed by atoms with E-state index in [0.29, 0.717) is 31.9 Å². The minimum absolute atomic E-state index is 0. The van der Waals surface area contributed by atoms with E-state index in [1.165, 1.54) is 0 Å². The Bertz CT molecular complexity index is 1270. The molecule has 2 fully saturated rings. The van der Waals surface area contributed by atoms with Crippen molar-refractivity contribution in [3.05, 3.63) is 77.2 Å². The van der Waals surface area contributed by atoms with E-state index in [1.807, 2.05) is 53.4 Å². The van der Waals surface area contributed by atoms with E-state index >= 15 is 0 Å². The first-order chi connectivity index (χ1) is 17.6. The summed E-state index contributed by atoms with van der Waals surface area (Å²) in [7, 11) is 0. The number of carbonyl (C=O) groups excluding carboxylic acids is 1. The van der Waals surface area contributed by atoms with Crippen molar-refractivity contribution < 1.29 is 9.90 Å². The Morgan fingerprint density at radius 1 is 1.08 bits per heavy atom. The van der Waals surface area contributed by atoms with Crippen LogP contribution in [0.5, 0.6) is 0 Å². The summed E-state index contributed by atoms with van der Waals surface area (Å²) in [5.74, 6) is 0.546. The Labute approximate surface area is 236 Å². The van der Waals surface area contributed by atoms with Crippen molar-refractivity contribution in [3.8, 4) is 11.3 Å². The van der Waals surface area contributed by atoms with E-state index in [1.54, 1.807) is 0 Å². The third kappa shape index (κ3) is 4.87. The van der Waals surface area contributed by atoms with Gasteiger partial charge in [-0.25, -0.2) is 4.98 Å². The van der Waals surface area contributed by atoms with E-state index in [9.17, 15) is 9.90 Å². The molecular formula is C29H37Cl2N5O2. The van der Waals surface area contributed by atoms with Gasteiger partial charge in [0.15, 0.2) is 5.82 Å². The lowest BCUT2D eigenvalue weighted by atomic mass is 9.66. The zero-order valence-corrected chi connectivity index (χ0v) is 23.1. The average molecular weight is 559 g/mol. The maximum atomic E-state index is 14.2. The third-order valence-electron chi connectivity index (χ3n) is 8.52. The van der Waals surface area contributed by atoms with E-state index in [-0.39, 0.29) is 42.7 Å². The lowest BCUT2D eigenvalue weighted by molar-refractivity contribution is -0.110. The van der Waals surface area contributed by atoms with Gasteiger partial charge in [0.05, 0.1) is 17.0 Å². The molecule has 0 radical (unpaired) electrons. The summed E-state index contributed by atoms with van der Waals surface area (Å²) in [6.45, 7) is 3.21. The summed E-state index contributed by atoms with van der Waals surface area (Å²) in [6.07, 6.45) is 4.57. The zero-order chi connectivity index (χ0) is 24.7. The summed E-state index contributed by atoms with van der Waals surface area (Å²) in [5, 5.41) is 15.4. The average Bonchev–Trinajstić information content (AvgIpc) is 3.33. The first-order valence-corrected chi connectivity index (χ1v) is 13.3. The van der Waals surface area contributed by atoms with Crippen LogP contribution in [0.1, 0.15) is 59.5 Å². The van der Waals surface area contributed by atoms with Crippen LogP contribution in [-0.4, -0.2) is 44.6 Å². The normalized spacial score (nSPS) is 24.4. The molecule has 1 aromatic heterocycles. The molecule has 38 heavy (non-hydrogen) atoms. The lowest BCUT2D eigenvalue weighted by Crippen LogP contribution is -2.59. The SMILES string of the molecule is Cl.Cl.NCc1cccc(-c2nc(C(=O)N3CCC(O)(c4ccccc4)[C@H]4CCCC[C@H]43)n3c2CNCC3)c1. The van der Waals surface area contributed by atoms with Gasteiger partial charge in [-0.2, -0.15) is 0 Å². The number of hydrogen-bond acceptors (Lipinski definition) is 5. The van der Waals surface area contributed by atoms with Crippen LogP contribution in [0.25, 0.3) is 11.3 Å². The van der Waals surface area contributed by atoms with Gasteiger partial charge in [-0.3, -0.25) is 4.79 Å². The Morgan fingerprint density at radius 2 is 1.87 bits per heavy atom. The van der Waals surface area contributed by atoms with Gasteiger partial charge < -0.3 is 25.6 Å². The molecule has 3 aromatic rings. The molecule has 1 saturated carbocycles. The van der Waals surface area contributed by atoms with Crippen LogP contribution in [0.2, 0.25) is 0 Å². The summed E-state index contributed by atoms with van der Waals surface area (Å²) in [5.41, 5.74) is 9.93. The third-order valence-corrected chi connectivity index (χ3v) is 8.52. The molecule has 9 heteroatoms. The summed E-state index contributed by atoms with van der Waals surface area (Å²) >= 11 is 0. The number of fused-ring (bicyclic) bond motifs is 2. The summed E-state index contributed by atoms with van der Waals surface area (Å²) < 4.78 is 2.11. The maximum absolute atomic E-state index is 14.2. The first-order valence-electron chi connectivity index (χ1n) is 13.3. The molecule has 0 bridgehead atoms. The predicted octanol–water partition coefficient (Wildman–Crippen LogP) is 4.25. The zero-order valence-electron chi connectivity index (χ0n) is 21.5. The predicted molar refractivity (Wildman–Crippen MR) is 153 cm³/mol. The molecule has 1 aliphatic carbocycles. The van der Waals surface area contributed by atoms with Crippen LogP contribution < -0.4 is 11.1 Å². The summed E-state index contributed by atoms with van der Waals surface area (Å²) in [4.78, 5) is 21.2. The van der Waals surface area contributed by atoms with Gasteiger partial charge in [-0.15, -0.1) is 24.8 Å². The number of hydrogen-bond donors (Lipinski definition) is 3. The van der Waals surface area contributed by atoms with Crippen molar-refractivity contribution in [3.63, 3.8) is 0 Å². The highest BCUT2D eigenvalue weighted by Gasteiger charge is 2.51. The van der Waals surface area contributed by atoms with Crippen molar-refractivity contribution in [1.82, 2.24) is 19.8 Å². The van der Waals surface area contributed by atoms with Crippen molar-refractivity contribution in [2.24, 2.45) is 11.7 Å². The molecule has 7 nitrogen and oxygen atoms in total.